The number of rotatable bonds is 6. The molecule has 1 atom stereocenters. The van der Waals surface area contributed by atoms with E-state index < -0.39 is 6.10 Å². The number of aromatic nitrogens is 1. The third-order valence-electron chi connectivity index (χ3n) is 4.96. The van der Waals surface area contributed by atoms with Gasteiger partial charge in [-0.1, -0.05) is 18.2 Å². The van der Waals surface area contributed by atoms with Crippen molar-refractivity contribution in [1.82, 2.24) is 19.3 Å². The van der Waals surface area contributed by atoms with Gasteiger partial charge in [0.05, 0.1) is 6.10 Å². The number of fused-ring (bicyclic) bond motifs is 1. The number of amides is 1. The lowest BCUT2D eigenvalue weighted by molar-refractivity contribution is -0.131. The van der Waals surface area contributed by atoms with Crippen molar-refractivity contribution in [2.75, 3.05) is 53.4 Å². The van der Waals surface area contributed by atoms with Gasteiger partial charge in [0.1, 0.15) is 6.54 Å². The van der Waals surface area contributed by atoms with Crippen LogP contribution in [0.3, 0.4) is 0 Å². The Morgan fingerprint density at radius 1 is 1.20 bits per heavy atom. The second-order valence-electron chi connectivity index (χ2n) is 7.03. The molecule has 1 aliphatic rings. The lowest BCUT2D eigenvalue weighted by atomic mass is 10.2. The lowest BCUT2D eigenvalue weighted by Gasteiger charge is -2.34. The number of aliphatic hydroxyl groups excluding tert-OH is 1. The molecule has 0 saturated carbocycles. The molecule has 2 heterocycles. The first kappa shape index (κ1) is 17.9. The van der Waals surface area contributed by atoms with Crippen LogP contribution in [0.15, 0.2) is 36.5 Å². The fourth-order valence-electron chi connectivity index (χ4n) is 3.35. The van der Waals surface area contributed by atoms with E-state index in [9.17, 15) is 9.90 Å². The minimum atomic E-state index is -0.515. The Balaban J connectivity index is 1.50. The Labute approximate surface area is 149 Å². The van der Waals surface area contributed by atoms with Gasteiger partial charge in [0.25, 0.3) is 0 Å². The van der Waals surface area contributed by atoms with Gasteiger partial charge in [-0.05, 0) is 24.6 Å². The number of piperazine rings is 1. The van der Waals surface area contributed by atoms with Crippen LogP contribution in [-0.4, -0.2) is 89.7 Å². The van der Waals surface area contributed by atoms with Gasteiger partial charge in [-0.25, -0.2) is 0 Å². The third kappa shape index (κ3) is 4.60. The van der Waals surface area contributed by atoms with Gasteiger partial charge in [-0.3, -0.25) is 9.69 Å². The predicted molar refractivity (Wildman–Crippen MR) is 99.5 cm³/mol. The summed E-state index contributed by atoms with van der Waals surface area (Å²) >= 11 is 0. The Morgan fingerprint density at radius 2 is 1.92 bits per heavy atom. The Kier molecular flexibility index (Phi) is 5.73. The van der Waals surface area contributed by atoms with Crippen LogP contribution in [0.4, 0.5) is 0 Å². The predicted octanol–water partition coefficient (Wildman–Crippen LogP) is 0.708. The SMILES string of the molecule is CN1CCN(CC(O)CN(C)C(=O)Cn2ccc3ccccc32)CC1. The number of hydrogen-bond acceptors (Lipinski definition) is 4. The molecule has 1 aromatic carbocycles. The summed E-state index contributed by atoms with van der Waals surface area (Å²) in [6.45, 7) is 5.29. The Hall–Kier alpha value is -1.89. The van der Waals surface area contributed by atoms with Crippen molar-refractivity contribution >= 4 is 16.8 Å². The lowest BCUT2D eigenvalue weighted by Crippen LogP contribution is -2.49. The van der Waals surface area contributed by atoms with Crippen molar-refractivity contribution in [3.8, 4) is 0 Å². The molecular formula is C19H28N4O2. The fraction of sp³-hybridized carbons (Fsp3) is 0.526. The van der Waals surface area contributed by atoms with E-state index in [1.807, 2.05) is 41.1 Å². The first-order chi connectivity index (χ1) is 12.0. The van der Waals surface area contributed by atoms with Gasteiger partial charge in [-0.15, -0.1) is 0 Å². The molecular weight excluding hydrogens is 316 g/mol. The molecule has 1 unspecified atom stereocenters. The van der Waals surface area contributed by atoms with E-state index in [0.29, 0.717) is 19.6 Å². The summed E-state index contributed by atoms with van der Waals surface area (Å²) in [5, 5.41) is 11.5. The second-order valence-corrected chi connectivity index (χ2v) is 7.03. The fourth-order valence-corrected chi connectivity index (χ4v) is 3.35. The summed E-state index contributed by atoms with van der Waals surface area (Å²) in [6.07, 6.45) is 1.43. The zero-order chi connectivity index (χ0) is 17.8. The standard InChI is InChI=1S/C19H28N4O2/c1-20-9-11-22(12-10-20)14-17(24)13-21(2)19(25)15-23-8-7-16-5-3-4-6-18(16)23/h3-8,17,24H,9-15H2,1-2H3. The quantitative estimate of drug-likeness (QED) is 0.839. The summed E-state index contributed by atoms with van der Waals surface area (Å²) in [4.78, 5) is 18.7. The molecule has 1 aromatic heterocycles. The van der Waals surface area contributed by atoms with E-state index in [-0.39, 0.29) is 5.91 Å². The summed E-state index contributed by atoms with van der Waals surface area (Å²) in [5.74, 6) is 0.0128. The first-order valence-electron chi connectivity index (χ1n) is 8.90. The minimum Gasteiger partial charge on any atom is -0.390 e. The molecule has 6 heteroatoms. The number of aliphatic hydroxyl groups is 1. The van der Waals surface area contributed by atoms with Crippen LogP contribution in [0.5, 0.6) is 0 Å². The molecule has 0 aliphatic carbocycles. The highest BCUT2D eigenvalue weighted by atomic mass is 16.3. The third-order valence-corrected chi connectivity index (χ3v) is 4.96. The molecule has 1 aliphatic heterocycles. The van der Waals surface area contributed by atoms with Crippen LogP contribution in [0.1, 0.15) is 0 Å². The maximum absolute atomic E-state index is 12.5. The minimum absolute atomic E-state index is 0.0128. The molecule has 1 amide bonds. The molecule has 0 bridgehead atoms. The average molecular weight is 344 g/mol. The molecule has 25 heavy (non-hydrogen) atoms. The summed E-state index contributed by atoms with van der Waals surface area (Å²) in [5.41, 5.74) is 1.06. The van der Waals surface area contributed by atoms with Gasteiger partial charge in [0.2, 0.25) is 5.91 Å². The van der Waals surface area contributed by atoms with E-state index in [4.69, 9.17) is 0 Å². The van der Waals surface area contributed by atoms with Crippen molar-refractivity contribution in [2.45, 2.75) is 12.6 Å². The van der Waals surface area contributed by atoms with Gasteiger partial charge in [0.15, 0.2) is 0 Å². The molecule has 3 rings (SSSR count). The van der Waals surface area contributed by atoms with Crippen LogP contribution < -0.4 is 0 Å². The number of benzene rings is 1. The highest BCUT2D eigenvalue weighted by Crippen LogP contribution is 2.15. The van der Waals surface area contributed by atoms with Crippen molar-refractivity contribution in [2.24, 2.45) is 0 Å². The van der Waals surface area contributed by atoms with Crippen LogP contribution in [-0.2, 0) is 11.3 Å². The topological polar surface area (TPSA) is 52.0 Å². The van der Waals surface area contributed by atoms with Crippen molar-refractivity contribution in [1.29, 1.82) is 0 Å². The monoisotopic (exact) mass is 344 g/mol. The number of nitrogens with zero attached hydrogens (tertiary/aromatic N) is 4. The molecule has 0 spiro atoms. The van der Waals surface area contributed by atoms with Crippen molar-refractivity contribution < 1.29 is 9.90 Å². The van der Waals surface area contributed by atoms with Crippen LogP contribution in [0, 0.1) is 0 Å². The number of likely N-dealkylation sites (N-methyl/N-ethyl adjacent to an activating group) is 2. The van der Waals surface area contributed by atoms with Gasteiger partial charge in [0, 0.05) is 58.0 Å². The van der Waals surface area contributed by atoms with E-state index in [2.05, 4.69) is 16.8 Å². The highest BCUT2D eigenvalue weighted by Gasteiger charge is 2.20. The molecule has 1 N–H and O–H groups in total. The van der Waals surface area contributed by atoms with Crippen molar-refractivity contribution in [3.63, 3.8) is 0 Å². The van der Waals surface area contributed by atoms with E-state index >= 15 is 0 Å². The van der Waals surface area contributed by atoms with Gasteiger partial charge < -0.3 is 19.5 Å². The van der Waals surface area contributed by atoms with Gasteiger partial charge in [-0.2, -0.15) is 0 Å². The van der Waals surface area contributed by atoms with E-state index in [1.54, 1.807) is 11.9 Å². The number of carbonyl (C=O) groups excluding carboxylic acids is 1. The molecule has 1 saturated heterocycles. The number of hydrogen-bond donors (Lipinski definition) is 1. The Bertz CT molecular complexity index is 706. The number of β-amino-alcohol motifs (C(OH)–C–C–N with tert-alkyl or cyclic N) is 1. The zero-order valence-corrected chi connectivity index (χ0v) is 15.1. The van der Waals surface area contributed by atoms with E-state index in [1.165, 1.54) is 0 Å². The second kappa shape index (κ2) is 7.99. The summed E-state index contributed by atoms with van der Waals surface area (Å²) in [7, 11) is 3.88. The first-order valence-corrected chi connectivity index (χ1v) is 8.90. The number of para-hydroxylation sites is 1. The molecule has 2 aromatic rings. The smallest absolute Gasteiger partial charge is 0.242 e. The normalized spacial score (nSPS) is 17.7. The number of carbonyl (C=O) groups is 1. The van der Waals surface area contributed by atoms with Crippen LogP contribution in [0.25, 0.3) is 10.9 Å². The van der Waals surface area contributed by atoms with E-state index in [0.717, 1.165) is 37.1 Å². The largest absolute Gasteiger partial charge is 0.390 e. The molecule has 0 radical (unpaired) electrons. The maximum Gasteiger partial charge on any atom is 0.242 e. The highest BCUT2D eigenvalue weighted by molar-refractivity contribution is 5.83. The average Bonchev–Trinajstić information content (AvgIpc) is 3.00. The summed E-state index contributed by atoms with van der Waals surface area (Å²) < 4.78 is 1.96. The summed E-state index contributed by atoms with van der Waals surface area (Å²) in [6, 6.07) is 10.1. The van der Waals surface area contributed by atoms with Crippen LogP contribution in [0.2, 0.25) is 0 Å². The molecule has 136 valence electrons. The van der Waals surface area contributed by atoms with Crippen molar-refractivity contribution in [3.05, 3.63) is 36.5 Å². The van der Waals surface area contributed by atoms with Gasteiger partial charge >= 0.3 is 0 Å². The molecule has 1 fully saturated rings. The van der Waals surface area contributed by atoms with Crippen LogP contribution >= 0.6 is 0 Å². The maximum atomic E-state index is 12.5. The Morgan fingerprint density at radius 3 is 2.68 bits per heavy atom. The molecule has 6 nitrogen and oxygen atoms in total. The zero-order valence-electron chi connectivity index (χ0n) is 15.1.